The van der Waals surface area contributed by atoms with Crippen LogP contribution in [0.3, 0.4) is 0 Å². The maximum Gasteiger partial charge on any atom is 0.219 e. The number of hydrogen-bond donors (Lipinski definition) is 1. The number of nitrogens with zero attached hydrogens (tertiary/aromatic N) is 4. The molecular formula is C14H13N5. The van der Waals surface area contributed by atoms with Gasteiger partial charge in [0.1, 0.15) is 0 Å². The summed E-state index contributed by atoms with van der Waals surface area (Å²) in [6.45, 7) is 2.05. The van der Waals surface area contributed by atoms with Crippen LogP contribution in [-0.4, -0.2) is 19.7 Å². The number of aromatic nitrogens is 4. The average Bonchev–Trinajstić information content (AvgIpc) is 2.94. The molecule has 0 aliphatic heterocycles. The quantitative estimate of drug-likeness (QED) is 0.758. The fraction of sp³-hybridized carbons (Fsp3) is 0.0714. The number of nitrogen functional groups attached to an aromatic ring is 1. The van der Waals surface area contributed by atoms with Gasteiger partial charge >= 0.3 is 0 Å². The van der Waals surface area contributed by atoms with E-state index in [2.05, 4.69) is 34.1 Å². The molecule has 0 amide bonds. The molecular weight excluding hydrogens is 238 g/mol. The van der Waals surface area contributed by atoms with Crippen molar-refractivity contribution in [2.45, 2.75) is 6.92 Å². The number of aryl methyl sites for hydroxylation is 1. The molecule has 1 aromatic carbocycles. The van der Waals surface area contributed by atoms with Gasteiger partial charge in [-0.3, -0.25) is 0 Å². The van der Waals surface area contributed by atoms with Gasteiger partial charge in [0.25, 0.3) is 0 Å². The monoisotopic (exact) mass is 251 g/mol. The van der Waals surface area contributed by atoms with Crippen LogP contribution in [0.15, 0.2) is 49.1 Å². The molecule has 0 spiro atoms. The number of nitrogens with two attached hydrogens (primary N) is 1. The summed E-state index contributed by atoms with van der Waals surface area (Å²) in [5.74, 6) is 0.275. The SMILES string of the molecule is Cc1ccc(-c2cnc(N)nc2)c(-n2cccn2)c1. The maximum absolute atomic E-state index is 5.52. The van der Waals surface area contributed by atoms with Crippen LogP contribution >= 0.6 is 0 Å². The molecule has 2 heterocycles. The topological polar surface area (TPSA) is 69.6 Å². The van der Waals surface area contributed by atoms with Crippen LogP contribution in [0.5, 0.6) is 0 Å². The zero-order chi connectivity index (χ0) is 13.2. The highest BCUT2D eigenvalue weighted by atomic mass is 15.3. The second kappa shape index (κ2) is 4.53. The van der Waals surface area contributed by atoms with Gasteiger partial charge < -0.3 is 5.73 Å². The van der Waals surface area contributed by atoms with Crippen molar-refractivity contribution in [1.29, 1.82) is 0 Å². The first kappa shape index (κ1) is 11.4. The largest absolute Gasteiger partial charge is 0.368 e. The highest BCUT2D eigenvalue weighted by molar-refractivity contribution is 5.72. The van der Waals surface area contributed by atoms with Gasteiger partial charge in [0.15, 0.2) is 0 Å². The van der Waals surface area contributed by atoms with Crippen molar-refractivity contribution in [1.82, 2.24) is 19.7 Å². The summed E-state index contributed by atoms with van der Waals surface area (Å²) in [4.78, 5) is 8.07. The second-order valence-corrected chi connectivity index (χ2v) is 4.30. The van der Waals surface area contributed by atoms with Gasteiger partial charge in [-0.2, -0.15) is 5.10 Å². The Labute approximate surface area is 110 Å². The molecule has 3 rings (SSSR count). The van der Waals surface area contributed by atoms with Crippen molar-refractivity contribution in [3.8, 4) is 16.8 Å². The lowest BCUT2D eigenvalue weighted by Crippen LogP contribution is -1.99. The number of rotatable bonds is 2. The Hall–Kier alpha value is -2.69. The summed E-state index contributed by atoms with van der Waals surface area (Å²) >= 11 is 0. The molecule has 0 aliphatic rings. The van der Waals surface area contributed by atoms with Crippen LogP contribution in [0.1, 0.15) is 5.56 Å². The van der Waals surface area contributed by atoms with Crippen LogP contribution < -0.4 is 5.73 Å². The van der Waals surface area contributed by atoms with E-state index in [9.17, 15) is 0 Å². The molecule has 0 fully saturated rings. The minimum Gasteiger partial charge on any atom is -0.368 e. The summed E-state index contributed by atoms with van der Waals surface area (Å²) in [7, 11) is 0. The Kier molecular flexibility index (Phi) is 2.72. The molecule has 2 N–H and O–H groups in total. The van der Waals surface area contributed by atoms with E-state index in [0.29, 0.717) is 0 Å². The van der Waals surface area contributed by atoms with Gasteiger partial charge in [-0.1, -0.05) is 12.1 Å². The van der Waals surface area contributed by atoms with E-state index in [1.54, 1.807) is 18.6 Å². The molecule has 0 aliphatic carbocycles. The molecule has 0 bridgehead atoms. The van der Waals surface area contributed by atoms with Gasteiger partial charge in [0.2, 0.25) is 5.95 Å². The molecule has 0 radical (unpaired) electrons. The van der Waals surface area contributed by atoms with Crippen molar-refractivity contribution in [2.75, 3.05) is 5.73 Å². The predicted octanol–water partition coefficient (Wildman–Crippen LogP) is 2.22. The van der Waals surface area contributed by atoms with Gasteiger partial charge in [-0.15, -0.1) is 0 Å². The highest BCUT2D eigenvalue weighted by Gasteiger charge is 2.08. The molecule has 0 saturated carbocycles. The lowest BCUT2D eigenvalue weighted by Gasteiger charge is -2.10. The van der Waals surface area contributed by atoms with E-state index in [0.717, 1.165) is 16.8 Å². The lowest BCUT2D eigenvalue weighted by molar-refractivity contribution is 0.880. The molecule has 19 heavy (non-hydrogen) atoms. The van der Waals surface area contributed by atoms with E-state index in [-0.39, 0.29) is 5.95 Å². The zero-order valence-corrected chi connectivity index (χ0v) is 10.5. The average molecular weight is 251 g/mol. The molecule has 94 valence electrons. The Morgan fingerprint density at radius 1 is 1.16 bits per heavy atom. The van der Waals surface area contributed by atoms with Crippen LogP contribution in [0.25, 0.3) is 16.8 Å². The van der Waals surface area contributed by atoms with Gasteiger partial charge in [0.05, 0.1) is 5.69 Å². The highest BCUT2D eigenvalue weighted by Crippen LogP contribution is 2.26. The van der Waals surface area contributed by atoms with Crippen LogP contribution in [-0.2, 0) is 0 Å². The van der Waals surface area contributed by atoms with Crippen molar-refractivity contribution in [3.63, 3.8) is 0 Å². The summed E-state index contributed by atoms with van der Waals surface area (Å²) in [6, 6.07) is 8.07. The number of benzene rings is 1. The fourth-order valence-corrected chi connectivity index (χ4v) is 1.96. The maximum atomic E-state index is 5.52. The van der Waals surface area contributed by atoms with Gasteiger partial charge in [-0.05, 0) is 24.6 Å². The molecule has 0 unspecified atom stereocenters. The Morgan fingerprint density at radius 3 is 2.63 bits per heavy atom. The van der Waals surface area contributed by atoms with Crippen molar-refractivity contribution < 1.29 is 0 Å². The number of hydrogen-bond acceptors (Lipinski definition) is 4. The smallest absolute Gasteiger partial charge is 0.219 e. The molecule has 2 aromatic heterocycles. The van der Waals surface area contributed by atoms with E-state index in [1.165, 1.54) is 5.56 Å². The first-order valence-corrected chi connectivity index (χ1v) is 5.92. The van der Waals surface area contributed by atoms with Crippen molar-refractivity contribution in [3.05, 3.63) is 54.6 Å². The predicted molar refractivity (Wildman–Crippen MR) is 73.7 cm³/mol. The van der Waals surface area contributed by atoms with Crippen molar-refractivity contribution in [2.24, 2.45) is 0 Å². The molecule has 5 heteroatoms. The van der Waals surface area contributed by atoms with E-state index < -0.39 is 0 Å². The lowest BCUT2D eigenvalue weighted by atomic mass is 10.0. The Bertz CT molecular complexity index is 686. The fourth-order valence-electron chi connectivity index (χ4n) is 1.96. The van der Waals surface area contributed by atoms with Gasteiger partial charge in [-0.25, -0.2) is 14.6 Å². The summed E-state index contributed by atoms with van der Waals surface area (Å²) in [6.07, 6.45) is 7.11. The third-order valence-electron chi connectivity index (χ3n) is 2.89. The second-order valence-electron chi connectivity index (χ2n) is 4.30. The molecule has 5 nitrogen and oxygen atoms in total. The van der Waals surface area contributed by atoms with Crippen LogP contribution in [0, 0.1) is 6.92 Å². The zero-order valence-electron chi connectivity index (χ0n) is 10.5. The minimum atomic E-state index is 0.275. The third-order valence-corrected chi connectivity index (χ3v) is 2.89. The van der Waals surface area contributed by atoms with Crippen molar-refractivity contribution >= 4 is 5.95 Å². The molecule has 0 atom stereocenters. The van der Waals surface area contributed by atoms with E-state index in [1.807, 2.05) is 23.0 Å². The standard InChI is InChI=1S/C14H13N5/c1-10-3-4-12(11-8-16-14(15)17-9-11)13(7-10)19-6-2-5-18-19/h2-9H,1H3,(H2,15,16,17). The molecule has 3 aromatic rings. The summed E-state index contributed by atoms with van der Waals surface area (Å²) in [5.41, 5.74) is 9.63. The Balaban J connectivity index is 2.18. The summed E-state index contributed by atoms with van der Waals surface area (Å²) in [5, 5.41) is 4.28. The summed E-state index contributed by atoms with van der Waals surface area (Å²) < 4.78 is 1.83. The van der Waals surface area contributed by atoms with Gasteiger partial charge in [0, 0.05) is 35.9 Å². The minimum absolute atomic E-state index is 0.275. The Morgan fingerprint density at radius 2 is 1.95 bits per heavy atom. The van der Waals surface area contributed by atoms with Crippen LogP contribution in [0.2, 0.25) is 0 Å². The van der Waals surface area contributed by atoms with E-state index in [4.69, 9.17) is 5.73 Å². The first-order chi connectivity index (χ1) is 9.24. The first-order valence-electron chi connectivity index (χ1n) is 5.92. The molecule has 0 saturated heterocycles. The third kappa shape index (κ3) is 2.18. The van der Waals surface area contributed by atoms with E-state index >= 15 is 0 Å². The van der Waals surface area contributed by atoms with Crippen LogP contribution in [0.4, 0.5) is 5.95 Å². The normalized spacial score (nSPS) is 10.6. The number of anilines is 1.